The van der Waals surface area contributed by atoms with E-state index in [2.05, 4.69) is 6.92 Å². The fourth-order valence-electron chi connectivity index (χ4n) is 4.63. The first-order chi connectivity index (χ1) is 15.8. The number of carbonyl (C=O) groups excluding carboxylic acids is 1. The summed E-state index contributed by atoms with van der Waals surface area (Å²) in [5.74, 6) is -0.00340. The summed E-state index contributed by atoms with van der Waals surface area (Å²) in [4.78, 5) is 11.8. The molecule has 2 aliphatic rings. The van der Waals surface area contributed by atoms with Crippen molar-refractivity contribution in [2.75, 3.05) is 13.2 Å². The Balaban J connectivity index is 1.22. The number of unbranched alkanes of at least 4 members (excludes halogenated alkanes) is 14. The molecule has 2 rings (SSSR count). The molecule has 0 aromatic carbocycles. The Kier molecular flexibility index (Phi) is 16.2. The van der Waals surface area contributed by atoms with E-state index in [1.807, 2.05) is 0 Å². The quantitative estimate of drug-likeness (QED) is 0.0848. The van der Waals surface area contributed by atoms with Crippen molar-refractivity contribution in [3.05, 3.63) is 0 Å². The van der Waals surface area contributed by atoms with E-state index < -0.39 is 0 Å². The monoisotopic (exact) mass is 452 g/mol. The molecule has 0 aromatic rings. The number of epoxide rings is 2. The Morgan fingerprint density at radius 3 is 1.78 bits per heavy atom. The number of hydrogen-bond acceptors (Lipinski definition) is 4. The van der Waals surface area contributed by atoms with Crippen molar-refractivity contribution < 1.29 is 19.0 Å². The van der Waals surface area contributed by atoms with Crippen LogP contribution in [0.5, 0.6) is 0 Å². The summed E-state index contributed by atoms with van der Waals surface area (Å²) in [5.41, 5.74) is 0. The second-order valence-electron chi connectivity index (χ2n) is 10.2. The lowest BCUT2D eigenvalue weighted by molar-refractivity contribution is -0.143. The highest BCUT2D eigenvalue weighted by Gasteiger charge is 2.36. The van der Waals surface area contributed by atoms with Gasteiger partial charge in [-0.15, -0.1) is 0 Å². The van der Waals surface area contributed by atoms with Crippen molar-refractivity contribution in [2.24, 2.45) is 0 Å². The van der Waals surface area contributed by atoms with Gasteiger partial charge in [0.15, 0.2) is 0 Å². The predicted octanol–water partition coefficient (Wildman–Crippen LogP) is 7.91. The minimum Gasteiger partial charge on any atom is -0.466 e. The van der Waals surface area contributed by atoms with E-state index in [9.17, 15) is 4.79 Å². The minimum atomic E-state index is -0.00340. The number of carbonyl (C=O) groups is 1. The van der Waals surface area contributed by atoms with Gasteiger partial charge in [0.2, 0.25) is 0 Å². The van der Waals surface area contributed by atoms with Gasteiger partial charge in [-0.3, -0.25) is 4.79 Å². The first-order valence-corrected chi connectivity index (χ1v) is 14.2. The van der Waals surface area contributed by atoms with Crippen LogP contribution in [0.4, 0.5) is 0 Å². The summed E-state index contributed by atoms with van der Waals surface area (Å²) in [6, 6.07) is 0. The molecule has 32 heavy (non-hydrogen) atoms. The van der Waals surface area contributed by atoms with Gasteiger partial charge in [-0.2, -0.15) is 0 Å². The summed E-state index contributed by atoms with van der Waals surface area (Å²) < 4.78 is 16.4. The van der Waals surface area contributed by atoms with E-state index in [-0.39, 0.29) is 5.97 Å². The third-order valence-corrected chi connectivity index (χ3v) is 6.99. The maximum Gasteiger partial charge on any atom is 0.305 e. The van der Waals surface area contributed by atoms with Gasteiger partial charge in [0, 0.05) is 6.42 Å². The molecule has 0 amide bonds. The van der Waals surface area contributed by atoms with Crippen LogP contribution in [-0.2, 0) is 19.0 Å². The average Bonchev–Trinajstić information content (AvgIpc) is 3.71. The topological polar surface area (TPSA) is 51.4 Å². The molecule has 0 aromatic heterocycles. The van der Waals surface area contributed by atoms with Gasteiger partial charge < -0.3 is 14.2 Å². The summed E-state index contributed by atoms with van der Waals surface area (Å²) >= 11 is 0. The summed E-state index contributed by atoms with van der Waals surface area (Å²) in [6.07, 6.45) is 27.6. The molecule has 2 heterocycles. The lowest BCUT2D eigenvalue weighted by Crippen LogP contribution is -2.05. The molecule has 0 bridgehead atoms. The molecule has 3 unspecified atom stereocenters. The van der Waals surface area contributed by atoms with Crippen LogP contribution in [0.15, 0.2) is 0 Å². The maximum atomic E-state index is 11.8. The van der Waals surface area contributed by atoms with Crippen LogP contribution in [0, 0.1) is 0 Å². The molecule has 0 radical (unpaired) electrons. The van der Waals surface area contributed by atoms with Crippen LogP contribution in [0.25, 0.3) is 0 Å². The summed E-state index contributed by atoms with van der Waals surface area (Å²) in [6.45, 7) is 3.86. The number of hydrogen-bond donors (Lipinski definition) is 0. The first kappa shape index (κ1) is 27.6. The molecule has 0 saturated carbocycles. The lowest BCUT2D eigenvalue weighted by atomic mass is 10.0. The van der Waals surface area contributed by atoms with E-state index in [0.29, 0.717) is 31.3 Å². The van der Waals surface area contributed by atoms with E-state index in [1.165, 1.54) is 109 Å². The van der Waals surface area contributed by atoms with Gasteiger partial charge in [0.1, 0.15) is 0 Å². The third-order valence-electron chi connectivity index (χ3n) is 6.99. The molecule has 188 valence electrons. The molecule has 4 nitrogen and oxygen atoms in total. The third kappa shape index (κ3) is 16.1. The van der Waals surface area contributed by atoms with Gasteiger partial charge in [-0.05, 0) is 32.1 Å². The van der Waals surface area contributed by atoms with Crippen LogP contribution >= 0.6 is 0 Å². The Bertz CT molecular complexity index is 449. The van der Waals surface area contributed by atoms with Gasteiger partial charge in [-0.1, -0.05) is 103 Å². The number of esters is 1. The van der Waals surface area contributed by atoms with E-state index in [0.717, 1.165) is 25.9 Å². The van der Waals surface area contributed by atoms with Crippen molar-refractivity contribution in [1.82, 2.24) is 0 Å². The van der Waals surface area contributed by atoms with Crippen molar-refractivity contribution in [3.63, 3.8) is 0 Å². The number of rotatable bonds is 24. The van der Waals surface area contributed by atoms with Gasteiger partial charge in [-0.25, -0.2) is 0 Å². The number of ether oxygens (including phenoxy) is 3. The minimum absolute atomic E-state index is 0.00340. The fraction of sp³-hybridized carbons (Fsp3) is 0.964. The van der Waals surface area contributed by atoms with Crippen molar-refractivity contribution in [3.8, 4) is 0 Å². The van der Waals surface area contributed by atoms with Crippen LogP contribution < -0.4 is 0 Å². The SMILES string of the molecule is CCCCCCCCC1OC1CCCCCCCCOC(=O)CCCCCCCC1CO1. The largest absolute Gasteiger partial charge is 0.466 e. The Labute approximate surface area is 198 Å². The fourth-order valence-corrected chi connectivity index (χ4v) is 4.63. The Morgan fingerprint density at radius 2 is 1.19 bits per heavy atom. The zero-order chi connectivity index (χ0) is 22.7. The molecule has 3 atom stereocenters. The Hall–Kier alpha value is -0.610. The van der Waals surface area contributed by atoms with E-state index in [4.69, 9.17) is 14.2 Å². The zero-order valence-corrected chi connectivity index (χ0v) is 21.1. The van der Waals surface area contributed by atoms with Crippen LogP contribution in [0.2, 0.25) is 0 Å². The van der Waals surface area contributed by atoms with Crippen LogP contribution in [0.3, 0.4) is 0 Å². The molecular weight excluding hydrogens is 400 g/mol. The molecule has 0 aliphatic carbocycles. The molecule has 2 saturated heterocycles. The molecule has 0 N–H and O–H groups in total. The highest BCUT2D eigenvalue weighted by molar-refractivity contribution is 5.69. The first-order valence-electron chi connectivity index (χ1n) is 14.2. The van der Waals surface area contributed by atoms with Crippen molar-refractivity contribution in [2.45, 2.75) is 160 Å². The van der Waals surface area contributed by atoms with E-state index >= 15 is 0 Å². The van der Waals surface area contributed by atoms with Gasteiger partial charge in [0.25, 0.3) is 0 Å². The molecule has 2 aliphatic heterocycles. The average molecular weight is 453 g/mol. The van der Waals surface area contributed by atoms with Crippen LogP contribution in [-0.4, -0.2) is 37.5 Å². The van der Waals surface area contributed by atoms with Gasteiger partial charge >= 0.3 is 5.97 Å². The summed E-state index contributed by atoms with van der Waals surface area (Å²) in [7, 11) is 0. The Morgan fingerprint density at radius 1 is 0.688 bits per heavy atom. The van der Waals surface area contributed by atoms with Crippen LogP contribution in [0.1, 0.15) is 142 Å². The summed E-state index contributed by atoms with van der Waals surface area (Å²) in [5, 5.41) is 0. The predicted molar refractivity (Wildman–Crippen MR) is 132 cm³/mol. The van der Waals surface area contributed by atoms with Crippen molar-refractivity contribution in [1.29, 1.82) is 0 Å². The molecule has 4 heteroatoms. The molecule has 2 fully saturated rings. The van der Waals surface area contributed by atoms with Gasteiger partial charge in [0.05, 0.1) is 31.5 Å². The second-order valence-corrected chi connectivity index (χ2v) is 10.2. The normalized spacial score (nSPS) is 21.6. The standard InChI is InChI=1S/C28H52O4/c1-2-3-4-5-10-15-20-26-27(32-26)21-16-11-6-7-13-18-23-30-28(29)22-17-12-8-9-14-19-25-24-31-25/h25-27H,2-24H2,1H3. The highest BCUT2D eigenvalue weighted by Crippen LogP contribution is 2.31. The lowest BCUT2D eigenvalue weighted by Gasteiger charge is -2.05. The highest BCUT2D eigenvalue weighted by atomic mass is 16.6. The smallest absolute Gasteiger partial charge is 0.305 e. The maximum absolute atomic E-state index is 11.8. The zero-order valence-electron chi connectivity index (χ0n) is 21.1. The van der Waals surface area contributed by atoms with Crippen molar-refractivity contribution >= 4 is 5.97 Å². The molecule has 0 spiro atoms. The van der Waals surface area contributed by atoms with E-state index in [1.54, 1.807) is 0 Å². The molecular formula is C28H52O4. The second kappa shape index (κ2) is 18.8.